The highest BCUT2D eigenvalue weighted by Crippen LogP contribution is 2.24. The second-order valence-corrected chi connectivity index (χ2v) is 7.01. The molecule has 18 heavy (non-hydrogen) atoms. The summed E-state index contributed by atoms with van der Waals surface area (Å²) in [4.78, 5) is 0.417. The van der Waals surface area contributed by atoms with Gasteiger partial charge in [0.25, 0.3) is 0 Å². The Morgan fingerprint density at radius 3 is 2.56 bits per heavy atom. The van der Waals surface area contributed by atoms with Crippen LogP contribution in [0.25, 0.3) is 0 Å². The van der Waals surface area contributed by atoms with Crippen molar-refractivity contribution in [2.45, 2.75) is 44.4 Å². The Labute approximate surface area is 110 Å². The van der Waals surface area contributed by atoms with Crippen LogP contribution in [0.15, 0.2) is 23.1 Å². The molecule has 0 unspecified atom stereocenters. The highest BCUT2D eigenvalue weighted by atomic mass is 32.2. The van der Waals surface area contributed by atoms with Gasteiger partial charge in [0.15, 0.2) is 0 Å². The molecule has 100 valence electrons. The minimum Gasteiger partial charge on any atom is -0.211 e. The van der Waals surface area contributed by atoms with E-state index in [2.05, 4.69) is 4.72 Å². The average Bonchev–Trinajstić information content (AvgIpc) is 2.83. The zero-order valence-corrected chi connectivity index (χ0v) is 11.9. The van der Waals surface area contributed by atoms with E-state index in [-0.39, 0.29) is 0 Å². The van der Waals surface area contributed by atoms with Crippen molar-refractivity contribution in [2.75, 3.05) is 6.54 Å². The lowest BCUT2D eigenvalue weighted by atomic mass is 10.1. The summed E-state index contributed by atoms with van der Waals surface area (Å²) in [7, 11) is -3.35. The van der Waals surface area contributed by atoms with Crippen LogP contribution in [0.1, 0.15) is 36.8 Å². The summed E-state index contributed by atoms with van der Waals surface area (Å²) in [5, 5.41) is 0. The topological polar surface area (TPSA) is 46.2 Å². The molecule has 0 atom stereocenters. The van der Waals surface area contributed by atoms with E-state index in [1.54, 1.807) is 6.07 Å². The minimum atomic E-state index is -3.35. The Bertz CT molecular complexity index is 517. The number of rotatable bonds is 4. The Morgan fingerprint density at radius 2 is 1.89 bits per heavy atom. The van der Waals surface area contributed by atoms with Crippen LogP contribution in [0, 0.1) is 19.8 Å². The van der Waals surface area contributed by atoms with Crippen LogP contribution in [0.2, 0.25) is 0 Å². The van der Waals surface area contributed by atoms with E-state index >= 15 is 0 Å². The molecule has 2 rings (SSSR count). The molecular weight excluding hydrogens is 246 g/mol. The maximum absolute atomic E-state index is 12.3. The lowest BCUT2D eigenvalue weighted by Crippen LogP contribution is -2.29. The van der Waals surface area contributed by atoms with Crippen molar-refractivity contribution in [3.8, 4) is 0 Å². The summed E-state index contributed by atoms with van der Waals surface area (Å²) in [5.41, 5.74) is 1.78. The predicted molar refractivity (Wildman–Crippen MR) is 73.1 cm³/mol. The number of aryl methyl sites for hydroxylation is 2. The van der Waals surface area contributed by atoms with Gasteiger partial charge in [-0.2, -0.15) is 0 Å². The monoisotopic (exact) mass is 267 g/mol. The van der Waals surface area contributed by atoms with E-state index in [1.807, 2.05) is 26.0 Å². The lowest BCUT2D eigenvalue weighted by molar-refractivity contribution is 0.519. The van der Waals surface area contributed by atoms with Crippen LogP contribution < -0.4 is 4.72 Å². The van der Waals surface area contributed by atoms with Gasteiger partial charge < -0.3 is 0 Å². The number of benzene rings is 1. The highest BCUT2D eigenvalue weighted by molar-refractivity contribution is 7.89. The fourth-order valence-corrected chi connectivity index (χ4v) is 3.96. The molecule has 0 spiro atoms. The van der Waals surface area contributed by atoms with Crippen molar-refractivity contribution >= 4 is 10.0 Å². The predicted octanol–water partition coefficient (Wildman–Crippen LogP) is 2.77. The SMILES string of the molecule is Cc1ccc(C)c(S(=O)(=O)NCC2CCCC2)c1. The van der Waals surface area contributed by atoms with Gasteiger partial charge in [0.05, 0.1) is 4.90 Å². The third-order valence-corrected chi connectivity index (χ3v) is 5.24. The minimum absolute atomic E-state index is 0.417. The van der Waals surface area contributed by atoms with Crippen LogP contribution >= 0.6 is 0 Å². The first-order valence-corrected chi connectivity index (χ1v) is 8.04. The molecule has 0 bridgehead atoms. The normalized spacial score (nSPS) is 17.2. The van der Waals surface area contributed by atoms with Gasteiger partial charge in [-0.1, -0.05) is 25.0 Å². The largest absolute Gasteiger partial charge is 0.240 e. The number of sulfonamides is 1. The van der Waals surface area contributed by atoms with E-state index < -0.39 is 10.0 Å². The number of nitrogens with one attached hydrogen (secondary N) is 1. The van der Waals surface area contributed by atoms with Gasteiger partial charge >= 0.3 is 0 Å². The second-order valence-electron chi connectivity index (χ2n) is 5.27. The van der Waals surface area contributed by atoms with Crippen LogP contribution in [-0.4, -0.2) is 15.0 Å². The van der Waals surface area contributed by atoms with Crippen molar-refractivity contribution in [2.24, 2.45) is 5.92 Å². The highest BCUT2D eigenvalue weighted by Gasteiger charge is 2.20. The molecule has 1 aromatic carbocycles. The summed E-state index contributed by atoms with van der Waals surface area (Å²) in [5.74, 6) is 0.518. The number of hydrogen-bond donors (Lipinski definition) is 1. The Balaban J connectivity index is 2.12. The Morgan fingerprint density at radius 1 is 1.22 bits per heavy atom. The van der Waals surface area contributed by atoms with E-state index in [1.165, 1.54) is 12.8 Å². The van der Waals surface area contributed by atoms with E-state index in [0.29, 0.717) is 17.4 Å². The van der Waals surface area contributed by atoms with Crippen molar-refractivity contribution in [1.82, 2.24) is 4.72 Å². The molecule has 0 amide bonds. The second kappa shape index (κ2) is 5.41. The summed E-state index contributed by atoms with van der Waals surface area (Å²) < 4.78 is 27.3. The van der Waals surface area contributed by atoms with E-state index in [4.69, 9.17) is 0 Å². The zero-order chi connectivity index (χ0) is 13.2. The molecule has 1 N–H and O–H groups in total. The van der Waals surface area contributed by atoms with Crippen molar-refractivity contribution in [3.63, 3.8) is 0 Å². The molecule has 1 saturated carbocycles. The molecule has 1 aliphatic carbocycles. The Kier molecular flexibility index (Phi) is 4.07. The molecule has 1 aromatic rings. The smallest absolute Gasteiger partial charge is 0.211 e. The summed E-state index contributed by atoms with van der Waals surface area (Å²) in [6.07, 6.45) is 4.76. The molecule has 0 radical (unpaired) electrons. The Hall–Kier alpha value is -0.870. The van der Waals surface area contributed by atoms with Gasteiger partial charge in [-0.15, -0.1) is 0 Å². The molecule has 0 heterocycles. The third kappa shape index (κ3) is 3.12. The summed E-state index contributed by atoms with van der Waals surface area (Å²) in [6, 6.07) is 5.54. The third-order valence-electron chi connectivity index (χ3n) is 3.67. The lowest BCUT2D eigenvalue weighted by Gasteiger charge is -2.13. The summed E-state index contributed by atoms with van der Waals surface area (Å²) in [6.45, 7) is 4.33. The van der Waals surface area contributed by atoms with Crippen LogP contribution in [-0.2, 0) is 10.0 Å². The summed E-state index contributed by atoms with van der Waals surface area (Å²) >= 11 is 0. The fraction of sp³-hybridized carbons (Fsp3) is 0.571. The van der Waals surface area contributed by atoms with Gasteiger partial charge in [0, 0.05) is 6.54 Å². The standard InChI is InChI=1S/C14H21NO2S/c1-11-7-8-12(2)14(9-11)18(16,17)15-10-13-5-3-4-6-13/h7-9,13,15H,3-6,10H2,1-2H3. The van der Waals surface area contributed by atoms with Crippen LogP contribution in [0.3, 0.4) is 0 Å². The molecule has 0 saturated heterocycles. The van der Waals surface area contributed by atoms with Crippen molar-refractivity contribution in [1.29, 1.82) is 0 Å². The molecule has 0 aliphatic heterocycles. The molecule has 1 fully saturated rings. The van der Waals surface area contributed by atoms with Gasteiger partial charge in [-0.05, 0) is 49.8 Å². The number of hydrogen-bond acceptors (Lipinski definition) is 2. The first-order chi connectivity index (χ1) is 8.49. The average molecular weight is 267 g/mol. The van der Waals surface area contributed by atoms with E-state index in [9.17, 15) is 8.42 Å². The van der Waals surface area contributed by atoms with Gasteiger partial charge in [-0.3, -0.25) is 0 Å². The van der Waals surface area contributed by atoms with Gasteiger partial charge in [-0.25, -0.2) is 13.1 Å². The van der Waals surface area contributed by atoms with Crippen LogP contribution in [0.5, 0.6) is 0 Å². The maximum atomic E-state index is 12.3. The molecule has 0 aromatic heterocycles. The fourth-order valence-electron chi connectivity index (χ4n) is 2.52. The molecule has 3 nitrogen and oxygen atoms in total. The zero-order valence-electron chi connectivity index (χ0n) is 11.1. The first kappa shape index (κ1) is 13.6. The van der Waals surface area contributed by atoms with Crippen molar-refractivity contribution in [3.05, 3.63) is 29.3 Å². The molecular formula is C14H21NO2S. The quantitative estimate of drug-likeness (QED) is 0.911. The van der Waals surface area contributed by atoms with E-state index in [0.717, 1.165) is 24.0 Å². The molecule has 4 heteroatoms. The van der Waals surface area contributed by atoms with Gasteiger partial charge in [0.1, 0.15) is 0 Å². The van der Waals surface area contributed by atoms with Gasteiger partial charge in [0.2, 0.25) is 10.0 Å². The van der Waals surface area contributed by atoms with Crippen LogP contribution in [0.4, 0.5) is 0 Å². The van der Waals surface area contributed by atoms with Crippen molar-refractivity contribution < 1.29 is 8.42 Å². The maximum Gasteiger partial charge on any atom is 0.240 e. The first-order valence-electron chi connectivity index (χ1n) is 6.56. The molecule has 1 aliphatic rings.